The minimum atomic E-state index is -0.472. The van der Waals surface area contributed by atoms with Crippen molar-refractivity contribution in [2.24, 2.45) is 0 Å². The molecule has 0 saturated carbocycles. The van der Waals surface area contributed by atoms with E-state index >= 15 is 0 Å². The lowest BCUT2D eigenvalue weighted by Crippen LogP contribution is -2.27. The molecule has 0 atom stereocenters. The monoisotopic (exact) mass is 396 g/mol. The van der Waals surface area contributed by atoms with E-state index in [0.717, 1.165) is 11.1 Å². The molecule has 2 aromatic carbocycles. The molecule has 1 aliphatic rings. The molecule has 0 bridgehead atoms. The molecule has 0 aromatic heterocycles. The molecule has 2 aromatic rings. The van der Waals surface area contributed by atoms with E-state index in [4.69, 9.17) is 18.9 Å². The molecule has 5 nitrogen and oxygen atoms in total. The van der Waals surface area contributed by atoms with Gasteiger partial charge in [-0.2, -0.15) is 0 Å². The lowest BCUT2D eigenvalue weighted by atomic mass is 10.0. The fourth-order valence-corrected chi connectivity index (χ4v) is 3.06. The quantitative estimate of drug-likeness (QED) is 0.617. The van der Waals surface area contributed by atoms with E-state index in [2.05, 4.69) is 6.08 Å². The molecule has 3 rings (SSSR count). The lowest BCUT2D eigenvalue weighted by Gasteiger charge is -2.29. The van der Waals surface area contributed by atoms with Crippen LogP contribution in [-0.2, 0) is 6.42 Å². The first-order chi connectivity index (χ1) is 13.7. The number of methoxy groups -OCH3 is 2. The second kappa shape index (κ2) is 8.11. The van der Waals surface area contributed by atoms with E-state index in [9.17, 15) is 5.11 Å². The average molecular weight is 396 g/mol. The van der Waals surface area contributed by atoms with Gasteiger partial charge in [0.25, 0.3) is 0 Å². The summed E-state index contributed by atoms with van der Waals surface area (Å²) < 4.78 is 23.1. The van der Waals surface area contributed by atoms with Crippen molar-refractivity contribution in [1.29, 1.82) is 0 Å². The summed E-state index contributed by atoms with van der Waals surface area (Å²) >= 11 is 0. The molecule has 1 N–H and O–H groups in total. The maximum atomic E-state index is 10.7. The average Bonchev–Trinajstić information content (AvgIpc) is 2.67. The van der Waals surface area contributed by atoms with Crippen molar-refractivity contribution in [2.45, 2.75) is 39.7 Å². The Bertz CT molecular complexity index is 966. The van der Waals surface area contributed by atoms with Crippen LogP contribution in [-0.4, -0.2) is 24.9 Å². The molecule has 0 radical (unpaired) electrons. The van der Waals surface area contributed by atoms with Crippen LogP contribution in [0.1, 0.15) is 38.8 Å². The third kappa shape index (κ3) is 4.67. The minimum absolute atomic E-state index is 0.00341. The number of fused-ring (bicyclic) bond motifs is 1. The largest absolute Gasteiger partial charge is 0.504 e. The van der Waals surface area contributed by atoms with Crippen LogP contribution >= 0.6 is 0 Å². The molecule has 1 heterocycles. The van der Waals surface area contributed by atoms with Crippen molar-refractivity contribution in [3.63, 3.8) is 0 Å². The predicted molar refractivity (Wildman–Crippen MR) is 115 cm³/mol. The number of rotatable bonds is 6. The first-order valence-corrected chi connectivity index (χ1v) is 9.54. The van der Waals surface area contributed by atoms with Crippen molar-refractivity contribution >= 4 is 6.08 Å². The number of benzene rings is 2. The van der Waals surface area contributed by atoms with Crippen molar-refractivity contribution in [1.82, 2.24) is 0 Å². The van der Waals surface area contributed by atoms with Crippen LogP contribution < -0.4 is 18.9 Å². The molecule has 154 valence electrons. The van der Waals surface area contributed by atoms with Crippen LogP contribution in [0.4, 0.5) is 0 Å². The predicted octanol–water partition coefficient (Wildman–Crippen LogP) is 5.89. The highest BCUT2D eigenvalue weighted by Gasteiger charge is 2.27. The summed E-state index contributed by atoms with van der Waals surface area (Å²) in [5, 5.41) is 10.7. The Kier molecular flexibility index (Phi) is 5.78. The van der Waals surface area contributed by atoms with Gasteiger partial charge < -0.3 is 24.1 Å². The third-order valence-corrected chi connectivity index (χ3v) is 4.60. The van der Waals surface area contributed by atoms with Crippen LogP contribution in [0.2, 0.25) is 0 Å². The summed E-state index contributed by atoms with van der Waals surface area (Å²) in [4.78, 5) is 0. The third-order valence-electron chi connectivity index (χ3n) is 4.60. The summed E-state index contributed by atoms with van der Waals surface area (Å²) in [5.41, 5.74) is 2.51. The van der Waals surface area contributed by atoms with Gasteiger partial charge in [0.1, 0.15) is 11.4 Å². The highest BCUT2D eigenvalue weighted by atomic mass is 16.6. The molecule has 0 fully saturated rings. The maximum absolute atomic E-state index is 10.7. The van der Waals surface area contributed by atoms with Gasteiger partial charge in [0.2, 0.25) is 5.75 Å². The zero-order valence-corrected chi connectivity index (χ0v) is 17.8. The van der Waals surface area contributed by atoms with Crippen LogP contribution in [0.3, 0.4) is 0 Å². The van der Waals surface area contributed by atoms with Gasteiger partial charge in [-0.3, -0.25) is 0 Å². The first kappa shape index (κ1) is 20.6. The number of phenolic OH excluding ortho intramolecular Hbond substituents is 1. The summed E-state index contributed by atoms with van der Waals surface area (Å²) in [6.07, 6.45) is 6.75. The topological polar surface area (TPSA) is 57.2 Å². The molecule has 1 aliphatic heterocycles. The zero-order chi connectivity index (χ0) is 21.2. The summed E-state index contributed by atoms with van der Waals surface area (Å²) in [6.45, 7) is 8.01. The normalized spacial score (nSPS) is 13.9. The highest BCUT2D eigenvalue weighted by molar-refractivity contribution is 5.69. The first-order valence-electron chi connectivity index (χ1n) is 9.54. The van der Waals surface area contributed by atoms with Gasteiger partial charge in [0, 0.05) is 11.6 Å². The van der Waals surface area contributed by atoms with E-state index < -0.39 is 5.60 Å². The molecular weight excluding hydrogens is 368 g/mol. The van der Waals surface area contributed by atoms with E-state index in [0.29, 0.717) is 29.4 Å². The smallest absolute Gasteiger partial charge is 0.210 e. The van der Waals surface area contributed by atoms with Crippen LogP contribution in [0, 0.1) is 0 Å². The number of ether oxygens (including phenoxy) is 4. The van der Waals surface area contributed by atoms with E-state index in [1.54, 1.807) is 26.4 Å². The molecule has 29 heavy (non-hydrogen) atoms. The Balaban J connectivity index is 2.04. The number of hydrogen-bond donors (Lipinski definition) is 1. The molecule has 0 amide bonds. The van der Waals surface area contributed by atoms with Crippen LogP contribution in [0.25, 0.3) is 6.08 Å². The van der Waals surface area contributed by atoms with Gasteiger partial charge in [-0.25, -0.2) is 0 Å². The summed E-state index contributed by atoms with van der Waals surface area (Å²) in [5.74, 6) is 2.36. The van der Waals surface area contributed by atoms with E-state index in [1.165, 1.54) is 5.57 Å². The minimum Gasteiger partial charge on any atom is -0.504 e. The van der Waals surface area contributed by atoms with E-state index in [-0.39, 0.29) is 11.5 Å². The van der Waals surface area contributed by atoms with Crippen molar-refractivity contribution in [3.8, 4) is 34.5 Å². The zero-order valence-electron chi connectivity index (χ0n) is 17.8. The number of aromatic hydroxyl groups is 1. The van der Waals surface area contributed by atoms with Crippen molar-refractivity contribution in [3.05, 3.63) is 53.1 Å². The second-order valence-electron chi connectivity index (χ2n) is 7.82. The standard InChI is InChI=1S/C24H28O5/c1-15(2)7-8-16-11-19(25)23(20(12-16)27-6)28-21-14-18(26-5)13-17-9-10-24(3,4)29-22(17)21/h7,9-14,25H,8H2,1-6H3. The van der Waals surface area contributed by atoms with E-state index in [1.807, 2.05) is 52.0 Å². The Morgan fingerprint density at radius 2 is 1.83 bits per heavy atom. The fourth-order valence-electron chi connectivity index (χ4n) is 3.06. The second-order valence-corrected chi connectivity index (χ2v) is 7.82. The van der Waals surface area contributed by atoms with Crippen LogP contribution in [0.15, 0.2) is 42.0 Å². The molecule has 0 spiro atoms. The number of phenols is 1. The fraction of sp³-hybridized carbons (Fsp3) is 0.333. The van der Waals surface area contributed by atoms with Crippen molar-refractivity contribution < 1.29 is 24.1 Å². The van der Waals surface area contributed by atoms with Gasteiger partial charge in [-0.05, 0) is 64.0 Å². The Labute approximate surface area is 172 Å². The Hall–Kier alpha value is -3.08. The van der Waals surface area contributed by atoms with Gasteiger partial charge in [-0.1, -0.05) is 17.7 Å². The molecule has 0 aliphatic carbocycles. The molecule has 0 saturated heterocycles. The maximum Gasteiger partial charge on any atom is 0.210 e. The highest BCUT2D eigenvalue weighted by Crippen LogP contribution is 2.47. The summed E-state index contributed by atoms with van der Waals surface area (Å²) in [7, 11) is 3.15. The molecular formula is C24H28O5. The van der Waals surface area contributed by atoms with Crippen molar-refractivity contribution in [2.75, 3.05) is 14.2 Å². The van der Waals surface area contributed by atoms with Gasteiger partial charge in [-0.15, -0.1) is 0 Å². The Morgan fingerprint density at radius 1 is 1.07 bits per heavy atom. The number of hydrogen-bond acceptors (Lipinski definition) is 5. The van der Waals surface area contributed by atoms with Gasteiger partial charge >= 0.3 is 0 Å². The lowest BCUT2D eigenvalue weighted by molar-refractivity contribution is 0.153. The molecule has 0 unspecified atom stereocenters. The SMILES string of the molecule is COc1cc2c(c(Oc3c(O)cc(CC=C(C)C)cc3OC)c1)OC(C)(C)C=C2. The molecule has 5 heteroatoms. The van der Waals surface area contributed by atoms with Gasteiger partial charge in [0.05, 0.1) is 14.2 Å². The summed E-state index contributed by atoms with van der Waals surface area (Å²) in [6, 6.07) is 7.18. The Morgan fingerprint density at radius 3 is 2.48 bits per heavy atom. The van der Waals surface area contributed by atoms with Crippen LogP contribution in [0.5, 0.6) is 34.5 Å². The van der Waals surface area contributed by atoms with Gasteiger partial charge in [0.15, 0.2) is 23.0 Å². The number of allylic oxidation sites excluding steroid dienone is 2.